The highest BCUT2D eigenvalue weighted by molar-refractivity contribution is 5.48. The Labute approximate surface area is 127 Å². The van der Waals surface area contributed by atoms with Crippen molar-refractivity contribution in [2.24, 2.45) is 5.41 Å². The largest absolute Gasteiger partial charge is 0.373 e. The Morgan fingerprint density at radius 3 is 2.38 bits per heavy atom. The number of ether oxygens (including phenoxy) is 1. The molecule has 3 rings (SSSR count). The molecular weight excluding hydrogens is 262 g/mol. The summed E-state index contributed by atoms with van der Waals surface area (Å²) >= 11 is 0. The molecule has 2 aliphatic rings. The number of hydrogen-bond donors (Lipinski definition) is 1. The molecule has 1 N–H and O–H groups in total. The summed E-state index contributed by atoms with van der Waals surface area (Å²) in [5, 5.41) is 3.26. The summed E-state index contributed by atoms with van der Waals surface area (Å²) in [5.74, 6) is 1.90. The summed E-state index contributed by atoms with van der Waals surface area (Å²) in [7, 11) is 3.77. The van der Waals surface area contributed by atoms with Gasteiger partial charge in [0, 0.05) is 25.4 Å². The van der Waals surface area contributed by atoms with Gasteiger partial charge in [0.05, 0.1) is 0 Å². The first-order chi connectivity index (χ1) is 10.00. The Balaban J connectivity index is 1.98. The Morgan fingerprint density at radius 2 is 1.76 bits per heavy atom. The van der Waals surface area contributed by atoms with E-state index < -0.39 is 0 Å². The Bertz CT molecular complexity index is 529. The van der Waals surface area contributed by atoms with Crippen LogP contribution in [0.4, 0.5) is 5.82 Å². The Morgan fingerprint density at radius 1 is 1.05 bits per heavy atom. The van der Waals surface area contributed by atoms with Crippen LogP contribution in [0.5, 0.6) is 0 Å². The van der Waals surface area contributed by atoms with Gasteiger partial charge in [-0.15, -0.1) is 0 Å². The molecule has 0 bridgehead atoms. The molecule has 0 aromatic carbocycles. The molecule has 1 fully saturated rings. The molecule has 0 amide bonds. The topological polar surface area (TPSA) is 47.0 Å². The van der Waals surface area contributed by atoms with Crippen molar-refractivity contribution >= 4 is 5.82 Å². The third-order valence-corrected chi connectivity index (χ3v) is 5.38. The number of fused-ring (bicyclic) bond motifs is 1. The van der Waals surface area contributed by atoms with Gasteiger partial charge in [0.1, 0.15) is 11.4 Å². The molecule has 0 aliphatic heterocycles. The summed E-state index contributed by atoms with van der Waals surface area (Å²) in [5.41, 5.74) is 2.65. The number of anilines is 1. The van der Waals surface area contributed by atoms with Gasteiger partial charge >= 0.3 is 0 Å². The molecule has 0 radical (unpaired) electrons. The maximum Gasteiger partial charge on any atom is 0.162 e. The Kier molecular flexibility index (Phi) is 3.68. The van der Waals surface area contributed by atoms with Gasteiger partial charge in [-0.2, -0.15) is 0 Å². The maximum atomic E-state index is 5.96. The van der Waals surface area contributed by atoms with Gasteiger partial charge in [-0.05, 0) is 50.4 Å². The molecule has 2 aliphatic carbocycles. The van der Waals surface area contributed by atoms with Crippen LogP contribution in [-0.4, -0.2) is 24.1 Å². The first-order valence-corrected chi connectivity index (χ1v) is 8.13. The van der Waals surface area contributed by atoms with E-state index in [1.165, 1.54) is 17.7 Å². The highest BCUT2D eigenvalue weighted by Crippen LogP contribution is 2.46. The van der Waals surface area contributed by atoms with Crippen molar-refractivity contribution in [1.82, 2.24) is 9.97 Å². The van der Waals surface area contributed by atoms with Gasteiger partial charge in [0.2, 0.25) is 0 Å². The zero-order valence-electron chi connectivity index (χ0n) is 13.8. The van der Waals surface area contributed by atoms with E-state index in [-0.39, 0.29) is 5.60 Å². The van der Waals surface area contributed by atoms with E-state index in [1.54, 1.807) is 0 Å². The SMILES string of the molecule is CNc1nc(C2(OC)CCC(C)(C)CC2)nc2c1CCC2. The number of hydrogen-bond acceptors (Lipinski definition) is 4. The van der Waals surface area contributed by atoms with Crippen molar-refractivity contribution in [3.05, 3.63) is 17.1 Å². The molecule has 4 heteroatoms. The molecule has 0 atom stereocenters. The van der Waals surface area contributed by atoms with E-state index in [1.807, 2.05) is 14.2 Å². The lowest BCUT2D eigenvalue weighted by molar-refractivity contribution is -0.0729. The van der Waals surface area contributed by atoms with E-state index in [9.17, 15) is 0 Å². The fraction of sp³-hybridized carbons (Fsp3) is 0.765. The van der Waals surface area contributed by atoms with Crippen LogP contribution >= 0.6 is 0 Å². The predicted octanol–water partition coefficient (Wildman–Crippen LogP) is 3.45. The molecule has 21 heavy (non-hydrogen) atoms. The van der Waals surface area contributed by atoms with Gasteiger partial charge in [-0.3, -0.25) is 0 Å². The van der Waals surface area contributed by atoms with Gasteiger partial charge in [0.15, 0.2) is 5.82 Å². The summed E-state index contributed by atoms with van der Waals surface area (Å²) in [4.78, 5) is 9.73. The second-order valence-corrected chi connectivity index (χ2v) is 7.29. The smallest absolute Gasteiger partial charge is 0.162 e. The third-order valence-electron chi connectivity index (χ3n) is 5.38. The van der Waals surface area contributed by atoms with Crippen molar-refractivity contribution in [3.63, 3.8) is 0 Å². The zero-order chi connectivity index (χ0) is 15.1. The standard InChI is InChI=1S/C17H27N3O/c1-16(2)8-10-17(21-4,11-9-16)15-19-13-7-5-6-12(13)14(18-3)20-15/h5-11H2,1-4H3,(H,18,19,20). The predicted molar refractivity (Wildman–Crippen MR) is 84.5 cm³/mol. The normalized spacial score (nSPS) is 22.9. The van der Waals surface area contributed by atoms with Crippen LogP contribution in [0.25, 0.3) is 0 Å². The van der Waals surface area contributed by atoms with Crippen molar-refractivity contribution < 1.29 is 4.74 Å². The van der Waals surface area contributed by atoms with E-state index in [4.69, 9.17) is 14.7 Å². The quantitative estimate of drug-likeness (QED) is 0.926. The number of aromatic nitrogens is 2. The molecule has 1 aromatic heterocycles. The van der Waals surface area contributed by atoms with Crippen LogP contribution in [0.15, 0.2) is 0 Å². The lowest BCUT2D eigenvalue weighted by atomic mass is 9.70. The lowest BCUT2D eigenvalue weighted by Gasteiger charge is -2.41. The highest BCUT2D eigenvalue weighted by Gasteiger charge is 2.42. The van der Waals surface area contributed by atoms with E-state index >= 15 is 0 Å². The summed E-state index contributed by atoms with van der Waals surface area (Å²) in [6.07, 6.45) is 7.71. The monoisotopic (exact) mass is 289 g/mol. The second kappa shape index (κ2) is 5.24. The minimum absolute atomic E-state index is 0.293. The summed E-state index contributed by atoms with van der Waals surface area (Å²) in [6, 6.07) is 0. The van der Waals surface area contributed by atoms with Crippen molar-refractivity contribution in [3.8, 4) is 0 Å². The van der Waals surface area contributed by atoms with Crippen LogP contribution < -0.4 is 5.32 Å². The lowest BCUT2D eigenvalue weighted by Crippen LogP contribution is -2.38. The van der Waals surface area contributed by atoms with Crippen LogP contribution in [0, 0.1) is 5.41 Å². The second-order valence-electron chi connectivity index (χ2n) is 7.29. The summed E-state index contributed by atoms with van der Waals surface area (Å²) in [6.45, 7) is 4.68. The number of nitrogens with one attached hydrogen (secondary N) is 1. The van der Waals surface area contributed by atoms with Gasteiger partial charge in [0.25, 0.3) is 0 Å². The molecule has 4 nitrogen and oxygen atoms in total. The zero-order valence-corrected chi connectivity index (χ0v) is 13.8. The maximum absolute atomic E-state index is 5.96. The fourth-order valence-corrected chi connectivity index (χ4v) is 3.69. The van der Waals surface area contributed by atoms with Gasteiger partial charge < -0.3 is 10.1 Å². The van der Waals surface area contributed by atoms with E-state index in [0.717, 1.165) is 50.2 Å². The van der Waals surface area contributed by atoms with Crippen molar-refractivity contribution in [1.29, 1.82) is 0 Å². The third kappa shape index (κ3) is 2.54. The average Bonchev–Trinajstić information content (AvgIpc) is 2.95. The van der Waals surface area contributed by atoms with Crippen LogP contribution in [0.3, 0.4) is 0 Å². The number of nitrogens with zero attached hydrogens (tertiary/aromatic N) is 2. The number of rotatable bonds is 3. The fourth-order valence-electron chi connectivity index (χ4n) is 3.69. The average molecular weight is 289 g/mol. The van der Waals surface area contributed by atoms with Crippen molar-refractivity contribution in [2.45, 2.75) is 64.4 Å². The van der Waals surface area contributed by atoms with Crippen LogP contribution in [0.2, 0.25) is 0 Å². The minimum Gasteiger partial charge on any atom is -0.373 e. The molecule has 1 heterocycles. The van der Waals surface area contributed by atoms with Crippen molar-refractivity contribution in [2.75, 3.05) is 19.5 Å². The van der Waals surface area contributed by atoms with Gasteiger partial charge in [-0.25, -0.2) is 9.97 Å². The van der Waals surface area contributed by atoms with E-state index in [0.29, 0.717) is 5.41 Å². The first-order valence-electron chi connectivity index (χ1n) is 8.13. The first kappa shape index (κ1) is 14.8. The number of methoxy groups -OCH3 is 1. The number of aryl methyl sites for hydroxylation is 1. The molecule has 1 aromatic rings. The highest BCUT2D eigenvalue weighted by atomic mass is 16.5. The van der Waals surface area contributed by atoms with Crippen LogP contribution in [-0.2, 0) is 23.2 Å². The van der Waals surface area contributed by atoms with E-state index in [2.05, 4.69) is 19.2 Å². The van der Waals surface area contributed by atoms with Crippen LogP contribution in [0.1, 0.15) is 63.0 Å². The van der Waals surface area contributed by atoms with Gasteiger partial charge in [-0.1, -0.05) is 13.8 Å². The molecular formula is C17H27N3O. The minimum atomic E-state index is -0.293. The summed E-state index contributed by atoms with van der Waals surface area (Å²) < 4.78 is 5.96. The molecule has 116 valence electrons. The molecule has 0 unspecified atom stereocenters. The molecule has 0 saturated heterocycles. The molecule has 0 spiro atoms. The Hall–Kier alpha value is -1.16. The molecule has 1 saturated carbocycles.